The maximum atomic E-state index is 9.20. The first kappa shape index (κ1) is 11.1. The standard InChI is InChI=1S/C12H14N2OS/c1-9(11-3-5-16-8-11)14-12-6-13-4-2-10(12)7-15/h2-6,8-9,14-15H,7H2,1H3. The molecule has 0 aliphatic heterocycles. The topological polar surface area (TPSA) is 45.2 Å². The Bertz CT molecular complexity index is 442. The lowest BCUT2D eigenvalue weighted by atomic mass is 10.1. The Morgan fingerprint density at radius 2 is 2.38 bits per heavy atom. The van der Waals surface area contributed by atoms with Crippen molar-refractivity contribution in [2.75, 3.05) is 5.32 Å². The number of rotatable bonds is 4. The molecule has 0 spiro atoms. The van der Waals surface area contributed by atoms with Crippen molar-refractivity contribution in [3.8, 4) is 0 Å². The van der Waals surface area contributed by atoms with Gasteiger partial charge in [0.1, 0.15) is 0 Å². The van der Waals surface area contributed by atoms with E-state index in [4.69, 9.17) is 0 Å². The number of thiophene rings is 1. The van der Waals surface area contributed by atoms with Crippen LogP contribution in [0, 0.1) is 0 Å². The molecule has 0 saturated carbocycles. The van der Waals surface area contributed by atoms with Crippen LogP contribution in [0.1, 0.15) is 24.1 Å². The van der Waals surface area contributed by atoms with Crippen LogP contribution in [0.15, 0.2) is 35.3 Å². The number of hydrogen-bond donors (Lipinski definition) is 2. The second kappa shape index (κ2) is 5.09. The van der Waals surface area contributed by atoms with Gasteiger partial charge in [0.15, 0.2) is 0 Å². The van der Waals surface area contributed by atoms with Gasteiger partial charge in [0.2, 0.25) is 0 Å². The number of aliphatic hydroxyl groups excluding tert-OH is 1. The van der Waals surface area contributed by atoms with Crippen molar-refractivity contribution in [1.82, 2.24) is 4.98 Å². The molecule has 0 saturated heterocycles. The summed E-state index contributed by atoms with van der Waals surface area (Å²) in [6.07, 6.45) is 3.43. The maximum absolute atomic E-state index is 9.20. The Labute approximate surface area is 98.8 Å². The van der Waals surface area contributed by atoms with Crippen LogP contribution < -0.4 is 5.32 Å². The molecule has 0 amide bonds. The molecule has 16 heavy (non-hydrogen) atoms. The van der Waals surface area contributed by atoms with Crippen molar-refractivity contribution in [1.29, 1.82) is 0 Å². The van der Waals surface area contributed by atoms with Crippen molar-refractivity contribution in [3.05, 3.63) is 46.4 Å². The molecule has 0 bridgehead atoms. The van der Waals surface area contributed by atoms with E-state index in [1.165, 1.54) is 5.56 Å². The van der Waals surface area contributed by atoms with E-state index in [1.54, 1.807) is 23.7 Å². The van der Waals surface area contributed by atoms with E-state index in [2.05, 4.69) is 34.1 Å². The maximum Gasteiger partial charge on any atom is 0.0703 e. The zero-order valence-electron chi connectivity index (χ0n) is 9.05. The van der Waals surface area contributed by atoms with Gasteiger partial charge in [0, 0.05) is 17.8 Å². The molecule has 0 aromatic carbocycles. The smallest absolute Gasteiger partial charge is 0.0703 e. The van der Waals surface area contributed by atoms with Crippen LogP contribution in [-0.2, 0) is 6.61 Å². The van der Waals surface area contributed by atoms with E-state index in [-0.39, 0.29) is 12.6 Å². The minimum Gasteiger partial charge on any atom is -0.392 e. The number of aromatic nitrogens is 1. The minimum atomic E-state index is 0.0290. The van der Waals surface area contributed by atoms with Crippen molar-refractivity contribution < 1.29 is 5.11 Å². The molecule has 2 N–H and O–H groups in total. The lowest BCUT2D eigenvalue weighted by Gasteiger charge is -2.16. The molecule has 3 nitrogen and oxygen atoms in total. The fraction of sp³-hybridized carbons (Fsp3) is 0.250. The van der Waals surface area contributed by atoms with Crippen LogP contribution in [0.25, 0.3) is 0 Å². The summed E-state index contributed by atoms with van der Waals surface area (Å²) < 4.78 is 0. The first-order valence-electron chi connectivity index (χ1n) is 5.13. The Kier molecular flexibility index (Phi) is 3.54. The third-order valence-corrected chi connectivity index (χ3v) is 3.20. The third kappa shape index (κ3) is 2.40. The third-order valence-electron chi connectivity index (χ3n) is 2.50. The van der Waals surface area contributed by atoms with E-state index in [1.807, 2.05) is 6.07 Å². The van der Waals surface area contributed by atoms with E-state index < -0.39 is 0 Å². The molecule has 2 aromatic heterocycles. The van der Waals surface area contributed by atoms with Gasteiger partial charge in [-0.05, 0) is 35.4 Å². The average Bonchev–Trinajstić information content (AvgIpc) is 2.83. The van der Waals surface area contributed by atoms with Gasteiger partial charge in [0.05, 0.1) is 18.5 Å². The first-order valence-corrected chi connectivity index (χ1v) is 6.08. The molecular weight excluding hydrogens is 220 g/mol. The lowest BCUT2D eigenvalue weighted by Crippen LogP contribution is -2.07. The zero-order valence-corrected chi connectivity index (χ0v) is 9.87. The Morgan fingerprint density at radius 1 is 1.50 bits per heavy atom. The molecule has 0 aliphatic rings. The molecule has 1 unspecified atom stereocenters. The molecule has 2 aromatic rings. The summed E-state index contributed by atoms with van der Waals surface area (Å²) >= 11 is 1.68. The monoisotopic (exact) mass is 234 g/mol. The van der Waals surface area contributed by atoms with Gasteiger partial charge in [-0.15, -0.1) is 0 Å². The van der Waals surface area contributed by atoms with Gasteiger partial charge >= 0.3 is 0 Å². The highest BCUT2D eigenvalue weighted by Gasteiger charge is 2.08. The van der Waals surface area contributed by atoms with Crippen LogP contribution in [0.5, 0.6) is 0 Å². The average molecular weight is 234 g/mol. The van der Waals surface area contributed by atoms with Crippen molar-refractivity contribution in [2.24, 2.45) is 0 Å². The predicted molar refractivity (Wildman–Crippen MR) is 66.5 cm³/mol. The highest BCUT2D eigenvalue weighted by Crippen LogP contribution is 2.22. The molecule has 0 radical (unpaired) electrons. The summed E-state index contributed by atoms with van der Waals surface area (Å²) in [5, 5.41) is 16.7. The van der Waals surface area contributed by atoms with Gasteiger partial charge in [-0.2, -0.15) is 11.3 Å². The quantitative estimate of drug-likeness (QED) is 0.855. The molecule has 84 valence electrons. The van der Waals surface area contributed by atoms with Crippen LogP contribution in [0.4, 0.5) is 5.69 Å². The first-order chi connectivity index (χ1) is 7.81. The summed E-state index contributed by atoms with van der Waals surface area (Å²) in [6.45, 7) is 2.12. The van der Waals surface area contributed by atoms with Gasteiger partial charge in [-0.1, -0.05) is 0 Å². The number of anilines is 1. The van der Waals surface area contributed by atoms with Crippen LogP contribution >= 0.6 is 11.3 Å². The number of aliphatic hydroxyl groups is 1. The number of nitrogens with one attached hydrogen (secondary N) is 1. The summed E-state index contributed by atoms with van der Waals surface area (Å²) in [5.41, 5.74) is 3.01. The van der Waals surface area contributed by atoms with Gasteiger partial charge < -0.3 is 10.4 Å². The molecule has 2 rings (SSSR count). The fourth-order valence-electron chi connectivity index (χ4n) is 1.53. The van der Waals surface area contributed by atoms with E-state index in [0.29, 0.717) is 0 Å². The molecule has 2 heterocycles. The van der Waals surface area contributed by atoms with Crippen LogP contribution in [0.2, 0.25) is 0 Å². The van der Waals surface area contributed by atoms with Crippen molar-refractivity contribution in [3.63, 3.8) is 0 Å². The van der Waals surface area contributed by atoms with Crippen LogP contribution in [-0.4, -0.2) is 10.1 Å². The minimum absolute atomic E-state index is 0.0290. The molecular formula is C12H14N2OS. The van der Waals surface area contributed by atoms with Gasteiger partial charge in [0.25, 0.3) is 0 Å². The fourth-order valence-corrected chi connectivity index (χ4v) is 2.28. The second-order valence-corrected chi connectivity index (χ2v) is 4.39. The Morgan fingerprint density at radius 3 is 3.06 bits per heavy atom. The zero-order chi connectivity index (χ0) is 11.4. The largest absolute Gasteiger partial charge is 0.392 e. The number of pyridine rings is 1. The second-order valence-electron chi connectivity index (χ2n) is 3.61. The molecule has 4 heteroatoms. The summed E-state index contributed by atoms with van der Waals surface area (Å²) in [7, 11) is 0. The van der Waals surface area contributed by atoms with E-state index >= 15 is 0 Å². The molecule has 0 aliphatic carbocycles. The number of nitrogens with zero attached hydrogens (tertiary/aromatic N) is 1. The lowest BCUT2D eigenvalue weighted by molar-refractivity contribution is 0.282. The van der Waals surface area contributed by atoms with Gasteiger partial charge in [-0.25, -0.2) is 0 Å². The van der Waals surface area contributed by atoms with Gasteiger partial charge in [-0.3, -0.25) is 4.98 Å². The van der Waals surface area contributed by atoms with E-state index in [0.717, 1.165) is 11.3 Å². The van der Waals surface area contributed by atoms with Crippen molar-refractivity contribution in [2.45, 2.75) is 19.6 Å². The highest BCUT2D eigenvalue weighted by atomic mass is 32.1. The predicted octanol–water partition coefficient (Wildman–Crippen LogP) is 2.81. The van der Waals surface area contributed by atoms with E-state index in [9.17, 15) is 5.11 Å². The SMILES string of the molecule is CC(Nc1cnccc1CO)c1ccsc1. The van der Waals surface area contributed by atoms with Crippen LogP contribution in [0.3, 0.4) is 0 Å². The van der Waals surface area contributed by atoms with Crippen molar-refractivity contribution >= 4 is 17.0 Å². The Hall–Kier alpha value is -1.39. The molecule has 0 fully saturated rings. The Balaban J connectivity index is 2.14. The molecule has 1 atom stereocenters. The normalized spacial score (nSPS) is 12.4. The summed E-state index contributed by atoms with van der Waals surface area (Å²) in [4.78, 5) is 4.06. The summed E-state index contributed by atoms with van der Waals surface area (Å²) in [6, 6.07) is 4.14. The summed E-state index contributed by atoms with van der Waals surface area (Å²) in [5.74, 6) is 0. The number of hydrogen-bond acceptors (Lipinski definition) is 4. The highest BCUT2D eigenvalue weighted by molar-refractivity contribution is 7.07.